The smallest absolute Gasteiger partial charge is 0.274 e. The van der Waals surface area contributed by atoms with E-state index in [0.29, 0.717) is 17.7 Å². The normalized spacial score (nSPS) is 10.9. The molecular weight excluding hydrogens is 286 g/mol. The predicted molar refractivity (Wildman–Crippen MR) is 96.2 cm³/mol. The summed E-state index contributed by atoms with van der Waals surface area (Å²) in [4.78, 5) is 16.7. The van der Waals surface area contributed by atoms with Crippen molar-refractivity contribution in [3.05, 3.63) is 53.3 Å². The van der Waals surface area contributed by atoms with Crippen molar-refractivity contribution >= 4 is 17.3 Å². The Morgan fingerprint density at radius 3 is 2.39 bits per heavy atom. The largest absolute Gasteiger partial charge is 0.382 e. The van der Waals surface area contributed by atoms with Crippen molar-refractivity contribution in [2.75, 3.05) is 10.6 Å². The Balaban J connectivity index is 2.19. The van der Waals surface area contributed by atoms with Gasteiger partial charge >= 0.3 is 0 Å². The van der Waals surface area contributed by atoms with Gasteiger partial charge in [-0.3, -0.25) is 4.79 Å². The number of carbonyl (C=O) groups excluding carboxylic acids is 1. The van der Waals surface area contributed by atoms with E-state index in [-0.39, 0.29) is 5.91 Å². The molecule has 1 aromatic carbocycles. The Bertz CT molecular complexity index is 676. The number of aryl methyl sites for hydroxylation is 1. The molecular formula is C19H25N3O. The van der Waals surface area contributed by atoms with Crippen LogP contribution in [0.3, 0.4) is 0 Å². The van der Waals surface area contributed by atoms with Crippen molar-refractivity contribution < 1.29 is 4.79 Å². The molecule has 122 valence electrons. The van der Waals surface area contributed by atoms with Gasteiger partial charge in [-0.25, -0.2) is 4.98 Å². The van der Waals surface area contributed by atoms with Crippen LogP contribution in [0.2, 0.25) is 0 Å². The van der Waals surface area contributed by atoms with Gasteiger partial charge in [-0.05, 0) is 49.9 Å². The summed E-state index contributed by atoms with van der Waals surface area (Å²) in [6.45, 7) is 10.4. The van der Waals surface area contributed by atoms with Gasteiger partial charge in [0.25, 0.3) is 5.91 Å². The zero-order valence-electron chi connectivity index (χ0n) is 14.5. The van der Waals surface area contributed by atoms with E-state index < -0.39 is 0 Å². The van der Waals surface area contributed by atoms with E-state index in [1.807, 2.05) is 25.1 Å². The summed E-state index contributed by atoms with van der Waals surface area (Å²) >= 11 is 0. The first-order valence-electron chi connectivity index (χ1n) is 8.02. The first-order valence-corrected chi connectivity index (χ1v) is 8.02. The summed E-state index contributed by atoms with van der Waals surface area (Å²) in [5.41, 5.74) is 4.41. The molecule has 0 aliphatic heterocycles. The second-order valence-corrected chi connectivity index (χ2v) is 6.38. The Morgan fingerprint density at radius 2 is 1.83 bits per heavy atom. The van der Waals surface area contributed by atoms with Crippen LogP contribution in [0.25, 0.3) is 0 Å². The number of pyridine rings is 1. The maximum atomic E-state index is 12.5. The number of nitrogens with zero attached hydrogens (tertiary/aromatic N) is 1. The zero-order chi connectivity index (χ0) is 17.0. The van der Waals surface area contributed by atoms with Crippen molar-refractivity contribution in [3.8, 4) is 0 Å². The fourth-order valence-corrected chi connectivity index (χ4v) is 2.47. The third-order valence-electron chi connectivity index (χ3n) is 3.62. The van der Waals surface area contributed by atoms with Gasteiger partial charge in [0.2, 0.25) is 0 Å². The predicted octanol–water partition coefficient (Wildman–Crippen LogP) is 4.59. The number of aromatic nitrogens is 1. The summed E-state index contributed by atoms with van der Waals surface area (Å²) in [5.74, 6) is 0.160. The molecule has 0 fully saturated rings. The monoisotopic (exact) mass is 311 g/mol. The van der Waals surface area contributed by atoms with Gasteiger partial charge in [0.05, 0.1) is 11.9 Å². The second-order valence-electron chi connectivity index (χ2n) is 6.38. The molecule has 0 spiro atoms. The molecule has 0 saturated heterocycles. The van der Waals surface area contributed by atoms with E-state index in [9.17, 15) is 4.79 Å². The number of hydrogen-bond donors (Lipinski definition) is 2. The zero-order valence-corrected chi connectivity index (χ0v) is 14.5. The van der Waals surface area contributed by atoms with E-state index in [0.717, 1.165) is 22.5 Å². The van der Waals surface area contributed by atoms with Crippen LogP contribution in [0.1, 0.15) is 55.2 Å². The summed E-state index contributed by atoms with van der Waals surface area (Å²) in [5, 5.41) is 6.27. The highest BCUT2D eigenvalue weighted by Gasteiger charge is 2.14. The molecule has 1 amide bonds. The summed E-state index contributed by atoms with van der Waals surface area (Å²) < 4.78 is 0. The average molecular weight is 311 g/mol. The van der Waals surface area contributed by atoms with Gasteiger partial charge in [0.15, 0.2) is 0 Å². The van der Waals surface area contributed by atoms with Gasteiger partial charge in [-0.1, -0.05) is 32.0 Å². The van der Waals surface area contributed by atoms with E-state index in [2.05, 4.69) is 49.4 Å². The first-order chi connectivity index (χ1) is 10.9. The van der Waals surface area contributed by atoms with Crippen LogP contribution < -0.4 is 10.6 Å². The van der Waals surface area contributed by atoms with Crippen LogP contribution in [0.5, 0.6) is 0 Å². The highest BCUT2D eigenvalue weighted by molar-refractivity contribution is 6.03. The maximum Gasteiger partial charge on any atom is 0.274 e. The van der Waals surface area contributed by atoms with Crippen LogP contribution in [0, 0.1) is 6.92 Å². The van der Waals surface area contributed by atoms with E-state index in [4.69, 9.17) is 0 Å². The molecule has 2 aromatic rings. The minimum Gasteiger partial charge on any atom is -0.382 e. The molecule has 0 atom stereocenters. The molecule has 2 N–H and O–H groups in total. The molecule has 0 aliphatic carbocycles. The Morgan fingerprint density at radius 1 is 1.09 bits per heavy atom. The molecule has 2 rings (SSSR count). The highest BCUT2D eigenvalue weighted by atomic mass is 16.1. The molecule has 1 heterocycles. The lowest BCUT2D eigenvalue weighted by Gasteiger charge is -2.16. The molecule has 0 unspecified atom stereocenters. The fraction of sp³-hybridized carbons (Fsp3) is 0.368. The molecule has 0 saturated carbocycles. The third-order valence-corrected chi connectivity index (χ3v) is 3.62. The molecule has 0 bridgehead atoms. The van der Waals surface area contributed by atoms with Crippen molar-refractivity contribution in [3.63, 3.8) is 0 Å². The topological polar surface area (TPSA) is 54.0 Å². The van der Waals surface area contributed by atoms with Gasteiger partial charge in [-0.15, -0.1) is 0 Å². The van der Waals surface area contributed by atoms with Crippen LogP contribution in [0.15, 0.2) is 36.5 Å². The number of nitrogens with one attached hydrogen (secondary N) is 2. The van der Waals surface area contributed by atoms with E-state index in [1.165, 1.54) is 0 Å². The van der Waals surface area contributed by atoms with Crippen LogP contribution >= 0.6 is 0 Å². The van der Waals surface area contributed by atoms with Crippen molar-refractivity contribution in [2.24, 2.45) is 0 Å². The Kier molecular flexibility index (Phi) is 5.37. The lowest BCUT2D eigenvalue weighted by Crippen LogP contribution is -2.16. The fourth-order valence-electron chi connectivity index (χ4n) is 2.47. The number of rotatable bonds is 5. The number of benzene rings is 1. The first kappa shape index (κ1) is 17.0. The summed E-state index contributed by atoms with van der Waals surface area (Å²) in [7, 11) is 0. The molecule has 23 heavy (non-hydrogen) atoms. The van der Waals surface area contributed by atoms with Gasteiger partial charge < -0.3 is 10.6 Å². The standard InChI is InChI=1S/C19H25N3O/c1-12(2)16-8-6-7-14(5)18(16)22-19(23)17-10-9-15(11-20-17)21-13(3)4/h6-13,21H,1-5H3,(H,22,23). The highest BCUT2D eigenvalue weighted by Crippen LogP contribution is 2.27. The number of para-hydroxylation sites is 1. The SMILES string of the molecule is Cc1cccc(C(C)C)c1NC(=O)c1ccc(NC(C)C)cn1. The lowest BCUT2D eigenvalue weighted by molar-refractivity contribution is 0.102. The number of anilines is 2. The van der Waals surface area contributed by atoms with Crippen LogP contribution in [-0.4, -0.2) is 16.9 Å². The average Bonchev–Trinajstić information content (AvgIpc) is 2.49. The van der Waals surface area contributed by atoms with Crippen molar-refractivity contribution in [2.45, 2.75) is 46.6 Å². The Labute approximate surface area is 138 Å². The molecule has 4 nitrogen and oxygen atoms in total. The molecule has 0 radical (unpaired) electrons. The van der Waals surface area contributed by atoms with E-state index >= 15 is 0 Å². The third kappa shape index (κ3) is 4.31. The lowest BCUT2D eigenvalue weighted by atomic mass is 9.98. The van der Waals surface area contributed by atoms with Gasteiger partial charge in [0.1, 0.15) is 5.69 Å². The van der Waals surface area contributed by atoms with Crippen LogP contribution in [-0.2, 0) is 0 Å². The van der Waals surface area contributed by atoms with Gasteiger partial charge in [-0.2, -0.15) is 0 Å². The van der Waals surface area contributed by atoms with Gasteiger partial charge in [0, 0.05) is 11.7 Å². The maximum absolute atomic E-state index is 12.5. The number of amides is 1. The summed E-state index contributed by atoms with van der Waals surface area (Å²) in [6, 6.07) is 10.0. The Hall–Kier alpha value is -2.36. The van der Waals surface area contributed by atoms with E-state index in [1.54, 1.807) is 12.3 Å². The van der Waals surface area contributed by atoms with Crippen LogP contribution in [0.4, 0.5) is 11.4 Å². The van der Waals surface area contributed by atoms with Crippen molar-refractivity contribution in [1.29, 1.82) is 0 Å². The quantitative estimate of drug-likeness (QED) is 0.849. The molecule has 0 aliphatic rings. The molecule has 1 aromatic heterocycles. The molecule has 4 heteroatoms. The minimum atomic E-state index is -0.183. The summed E-state index contributed by atoms with van der Waals surface area (Å²) in [6.07, 6.45) is 1.69. The minimum absolute atomic E-state index is 0.183. The second kappa shape index (κ2) is 7.27. The van der Waals surface area contributed by atoms with Crippen molar-refractivity contribution in [1.82, 2.24) is 4.98 Å². The number of hydrogen-bond acceptors (Lipinski definition) is 3. The number of carbonyl (C=O) groups is 1.